The van der Waals surface area contributed by atoms with Crippen LogP contribution in [0.25, 0.3) is 0 Å². The first-order valence-corrected chi connectivity index (χ1v) is 6.75. The highest BCUT2D eigenvalue weighted by Crippen LogP contribution is 2.18. The third kappa shape index (κ3) is 2.82. The summed E-state index contributed by atoms with van der Waals surface area (Å²) in [4.78, 5) is 12.2. The Morgan fingerprint density at radius 1 is 1.35 bits per heavy atom. The van der Waals surface area contributed by atoms with Crippen molar-refractivity contribution in [3.63, 3.8) is 0 Å². The molecule has 0 bridgehead atoms. The van der Waals surface area contributed by atoms with Gasteiger partial charge in [0.25, 0.3) is 5.91 Å². The molecule has 1 heterocycles. The van der Waals surface area contributed by atoms with Gasteiger partial charge in [0.05, 0.1) is 11.9 Å². The molecule has 5 heteroatoms. The normalized spacial score (nSPS) is 10.8. The molecule has 0 atom stereocenters. The molecule has 106 valence electrons. The van der Waals surface area contributed by atoms with E-state index in [4.69, 9.17) is 5.73 Å². The van der Waals surface area contributed by atoms with E-state index in [2.05, 4.69) is 24.3 Å². The van der Waals surface area contributed by atoms with Crippen molar-refractivity contribution in [2.75, 3.05) is 11.1 Å². The van der Waals surface area contributed by atoms with Gasteiger partial charge in [-0.05, 0) is 30.5 Å². The quantitative estimate of drug-likeness (QED) is 0.898. The van der Waals surface area contributed by atoms with E-state index >= 15 is 0 Å². The van der Waals surface area contributed by atoms with E-state index in [1.54, 1.807) is 4.68 Å². The molecule has 3 N–H and O–H groups in total. The third-order valence-electron chi connectivity index (χ3n) is 3.22. The molecule has 0 aliphatic rings. The number of nitrogen functional groups attached to an aromatic ring is 1. The lowest BCUT2D eigenvalue weighted by atomic mass is 10.0. The number of nitrogens with zero attached hydrogens (tertiary/aromatic N) is 2. The van der Waals surface area contributed by atoms with E-state index in [1.807, 2.05) is 31.2 Å². The van der Waals surface area contributed by atoms with Crippen molar-refractivity contribution < 1.29 is 4.79 Å². The Hall–Kier alpha value is -2.30. The lowest BCUT2D eigenvalue weighted by molar-refractivity contribution is 0.101. The van der Waals surface area contributed by atoms with Crippen molar-refractivity contribution in [3.05, 3.63) is 41.7 Å². The predicted molar refractivity (Wildman–Crippen MR) is 80.8 cm³/mol. The van der Waals surface area contributed by atoms with Gasteiger partial charge in [0.1, 0.15) is 5.69 Å². The Balaban J connectivity index is 2.17. The summed E-state index contributed by atoms with van der Waals surface area (Å²) in [7, 11) is 0. The van der Waals surface area contributed by atoms with Gasteiger partial charge in [0, 0.05) is 12.2 Å². The largest absolute Gasteiger partial charge is 0.396 e. The monoisotopic (exact) mass is 272 g/mol. The van der Waals surface area contributed by atoms with Crippen LogP contribution in [0.4, 0.5) is 11.4 Å². The number of nitrogens with two attached hydrogens (primary N) is 1. The van der Waals surface area contributed by atoms with Gasteiger partial charge in [-0.1, -0.05) is 26.0 Å². The highest BCUT2D eigenvalue weighted by Gasteiger charge is 2.16. The van der Waals surface area contributed by atoms with Crippen LogP contribution in [0.3, 0.4) is 0 Å². The van der Waals surface area contributed by atoms with Gasteiger partial charge in [-0.3, -0.25) is 9.48 Å². The summed E-state index contributed by atoms with van der Waals surface area (Å²) >= 11 is 0. The molecule has 0 aliphatic heterocycles. The zero-order valence-electron chi connectivity index (χ0n) is 12.1. The minimum Gasteiger partial charge on any atom is -0.396 e. The molecule has 2 rings (SSSR count). The summed E-state index contributed by atoms with van der Waals surface area (Å²) in [5, 5.41) is 6.91. The second-order valence-electron chi connectivity index (χ2n) is 5.00. The molecule has 0 unspecified atom stereocenters. The second-order valence-corrected chi connectivity index (χ2v) is 5.00. The molecule has 2 aromatic rings. The number of carbonyl (C=O) groups excluding carboxylic acids is 1. The molecule has 0 spiro atoms. The van der Waals surface area contributed by atoms with Gasteiger partial charge in [0.15, 0.2) is 0 Å². The van der Waals surface area contributed by atoms with Gasteiger partial charge in [-0.2, -0.15) is 5.10 Å². The number of benzene rings is 1. The van der Waals surface area contributed by atoms with Crippen LogP contribution in [0.15, 0.2) is 30.5 Å². The zero-order chi connectivity index (χ0) is 14.7. The minimum atomic E-state index is -0.237. The zero-order valence-corrected chi connectivity index (χ0v) is 12.1. The van der Waals surface area contributed by atoms with Crippen molar-refractivity contribution in [2.24, 2.45) is 0 Å². The number of carbonyl (C=O) groups is 1. The van der Waals surface area contributed by atoms with Crippen LogP contribution in [-0.4, -0.2) is 15.7 Å². The topological polar surface area (TPSA) is 72.9 Å². The van der Waals surface area contributed by atoms with Crippen molar-refractivity contribution in [1.29, 1.82) is 0 Å². The molecule has 0 fully saturated rings. The number of hydrogen-bond acceptors (Lipinski definition) is 3. The van der Waals surface area contributed by atoms with Crippen LogP contribution in [0.2, 0.25) is 0 Å². The Labute approximate surface area is 118 Å². The lowest BCUT2D eigenvalue weighted by Crippen LogP contribution is -2.18. The molecule has 1 amide bonds. The minimum absolute atomic E-state index is 0.237. The van der Waals surface area contributed by atoms with Crippen LogP contribution in [-0.2, 0) is 6.54 Å². The van der Waals surface area contributed by atoms with Crippen LogP contribution in [0.5, 0.6) is 0 Å². The van der Waals surface area contributed by atoms with Crippen molar-refractivity contribution >= 4 is 17.3 Å². The number of anilines is 2. The molecular formula is C15H20N4O. The summed E-state index contributed by atoms with van der Waals surface area (Å²) in [5.41, 5.74) is 8.58. The Morgan fingerprint density at radius 3 is 2.55 bits per heavy atom. The number of rotatable bonds is 4. The first-order valence-electron chi connectivity index (χ1n) is 6.75. The van der Waals surface area contributed by atoms with E-state index in [0.29, 0.717) is 23.8 Å². The summed E-state index contributed by atoms with van der Waals surface area (Å²) < 4.78 is 1.59. The van der Waals surface area contributed by atoms with E-state index in [-0.39, 0.29) is 5.91 Å². The van der Waals surface area contributed by atoms with Crippen molar-refractivity contribution in [3.8, 4) is 0 Å². The van der Waals surface area contributed by atoms with Gasteiger partial charge in [-0.25, -0.2) is 0 Å². The molecule has 0 saturated heterocycles. The van der Waals surface area contributed by atoms with E-state index in [9.17, 15) is 4.79 Å². The fourth-order valence-electron chi connectivity index (χ4n) is 2.03. The van der Waals surface area contributed by atoms with Crippen LogP contribution in [0.1, 0.15) is 42.7 Å². The SMILES string of the molecule is CCn1ncc(N)c1C(=O)Nc1ccc(C(C)C)cc1. The Morgan fingerprint density at radius 2 is 2.00 bits per heavy atom. The van der Waals surface area contributed by atoms with Crippen LogP contribution in [0, 0.1) is 0 Å². The summed E-state index contributed by atoms with van der Waals surface area (Å²) in [6, 6.07) is 7.83. The molecule has 1 aromatic heterocycles. The van der Waals surface area contributed by atoms with E-state index in [1.165, 1.54) is 11.8 Å². The van der Waals surface area contributed by atoms with Gasteiger partial charge in [-0.15, -0.1) is 0 Å². The third-order valence-corrected chi connectivity index (χ3v) is 3.22. The lowest BCUT2D eigenvalue weighted by Gasteiger charge is -2.09. The average molecular weight is 272 g/mol. The van der Waals surface area contributed by atoms with Gasteiger partial charge in [0.2, 0.25) is 0 Å². The van der Waals surface area contributed by atoms with Crippen molar-refractivity contribution in [2.45, 2.75) is 33.2 Å². The van der Waals surface area contributed by atoms with Gasteiger partial charge < -0.3 is 11.1 Å². The highest BCUT2D eigenvalue weighted by atomic mass is 16.2. The molecule has 1 aromatic carbocycles. The Kier molecular flexibility index (Phi) is 4.08. The first-order chi connectivity index (χ1) is 9.52. The Bertz CT molecular complexity index is 599. The standard InChI is InChI=1S/C15H20N4O/c1-4-19-14(13(16)9-17-19)15(20)18-12-7-5-11(6-8-12)10(2)3/h5-10H,4,16H2,1-3H3,(H,18,20). The van der Waals surface area contributed by atoms with Gasteiger partial charge >= 0.3 is 0 Å². The van der Waals surface area contributed by atoms with E-state index < -0.39 is 0 Å². The molecular weight excluding hydrogens is 252 g/mol. The summed E-state index contributed by atoms with van der Waals surface area (Å²) in [5.74, 6) is 0.232. The summed E-state index contributed by atoms with van der Waals surface area (Å²) in [6.45, 7) is 6.79. The summed E-state index contributed by atoms with van der Waals surface area (Å²) in [6.07, 6.45) is 1.50. The maximum atomic E-state index is 12.2. The molecule has 0 aliphatic carbocycles. The predicted octanol–water partition coefficient (Wildman–Crippen LogP) is 2.86. The van der Waals surface area contributed by atoms with Crippen LogP contribution >= 0.6 is 0 Å². The van der Waals surface area contributed by atoms with Crippen molar-refractivity contribution in [1.82, 2.24) is 9.78 Å². The first kappa shape index (κ1) is 14.1. The maximum absolute atomic E-state index is 12.2. The molecule has 5 nitrogen and oxygen atoms in total. The van der Waals surface area contributed by atoms with E-state index in [0.717, 1.165) is 5.69 Å². The number of aromatic nitrogens is 2. The second kappa shape index (κ2) is 5.77. The molecule has 0 saturated carbocycles. The smallest absolute Gasteiger partial charge is 0.276 e. The maximum Gasteiger partial charge on any atom is 0.276 e. The number of nitrogens with one attached hydrogen (secondary N) is 1. The van der Waals surface area contributed by atoms with Crippen LogP contribution < -0.4 is 11.1 Å². The number of hydrogen-bond donors (Lipinski definition) is 2. The number of amides is 1. The molecule has 20 heavy (non-hydrogen) atoms. The number of aryl methyl sites for hydroxylation is 1. The molecule has 0 radical (unpaired) electrons. The fraction of sp³-hybridized carbons (Fsp3) is 0.333. The average Bonchev–Trinajstić information content (AvgIpc) is 2.80. The fourth-order valence-corrected chi connectivity index (χ4v) is 2.03. The highest BCUT2D eigenvalue weighted by molar-refractivity contribution is 6.06.